The molecule has 0 amide bonds. The first-order valence-corrected chi connectivity index (χ1v) is 5.70. The minimum Gasteiger partial charge on any atom is -0.323 e. The van der Waals surface area contributed by atoms with Crippen LogP contribution < -0.4 is 5.73 Å². The average Bonchev–Trinajstić information content (AvgIpc) is 2.81. The predicted octanol–water partition coefficient (Wildman–Crippen LogP) is 2.01. The number of benzene rings is 1. The van der Waals surface area contributed by atoms with Crippen LogP contribution in [0.5, 0.6) is 0 Å². The largest absolute Gasteiger partial charge is 0.323 e. The normalized spacial score (nSPS) is 12.7. The maximum Gasteiger partial charge on any atom is 0.131 e. The van der Waals surface area contributed by atoms with Gasteiger partial charge in [-0.2, -0.15) is 0 Å². The van der Waals surface area contributed by atoms with Gasteiger partial charge in [0.05, 0.1) is 24.5 Å². The predicted molar refractivity (Wildman–Crippen MR) is 62.7 cm³/mol. The maximum absolute atomic E-state index is 13.4. The molecule has 96 valence electrons. The van der Waals surface area contributed by atoms with E-state index in [4.69, 9.17) is 5.73 Å². The highest BCUT2D eigenvalue weighted by atomic mass is 19.1. The molecule has 0 saturated carbocycles. The number of halogens is 2. The Bertz CT molecular complexity index is 518. The zero-order chi connectivity index (χ0) is 13.1. The van der Waals surface area contributed by atoms with Gasteiger partial charge in [0.2, 0.25) is 0 Å². The van der Waals surface area contributed by atoms with Crippen molar-refractivity contribution in [2.24, 2.45) is 5.73 Å². The fraction of sp³-hybridized carbons (Fsp3) is 0.333. The first-order chi connectivity index (χ1) is 8.61. The minimum absolute atomic E-state index is 0.00193. The Morgan fingerprint density at radius 2 is 2.00 bits per heavy atom. The van der Waals surface area contributed by atoms with Crippen LogP contribution in [0.3, 0.4) is 0 Å². The molecule has 0 aliphatic carbocycles. The van der Waals surface area contributed by atoms with Crippen LogP contribution in [0.2, 0.25) is 0 Å². The molecule has 1 aromatic carbocycles. The van der Waals surface area contributed by atoms with Gasteiger partial charge in [0.1, 0.15) is 11.6 Å². The molecule has 1 aromatic heterocycles. The van der Waals surface area contributed by atoms with Gasteiger partial charge >= 0.3 is 0 Å². The van der Waals surface area contributed by atoms with Crippen molar-refractivity contribution in [3.8, 4) is 0 Å². The van der Waals surface area contributed by atoms with Gasteiger partial charge in [-0.3, -0.25) is 0 Å². The van der Waals surface area contributed by atoms with Gasteiger partial charge in [-0.05, 0) is 18.6 Å². The first kappa shape index (κ1) is 12.6. The van der Waals surface area contributed by atoms with Crippen molar-refractivity contribution in [3.63, 3.8) is 0 Å². The molecule has 0 fully saturated rings. The van der Waals surface area contributed by atoms with Gasteiger partial charge < -0.3 is 5.73 Å². The Balaban J connectivity index is 2.21. The van der Waals surface area contributed by atoms with Crippen molar-refractivity contribution in [1.29, 1.82) is 0 Å². The van der Waals surface area contributed by atoms with Crippen LogP contribution in [0.25, 0.3) is 0 Å². The van der Waals surface area contributed by atoms with E-state index in [9.17, 15) is 8.78 Å². The average molecular weight is 252 g/mol. The van der Waals surface area contributed by atoms with Crippen molar-refractivity contribution < 1.29 is 8.78 Å². The molecule has 1 atom stereocenters. The molecule has 0 aliphatic rings. The summed E-state index contributed by atoms with van der Waals surface area (Å²) in [5.41, 5.74) is 6.39. The van der Waals surface area contributed by atoms with Crippen molar-refractivity contribution in [3.05, 3.63) is 47.3 Å². The van der Waals surface area contributed by atoms with Crippen molar-refractivity contribution in [2.75, 3.05) is 0 Å². The number of nitrogens with zero attached hydrogens (tertiary/aromatic N) is 3. The van der Waals surface area contributed by atoms with E-state index in [1.54, 1.807) is 6.20 Å². The third-order valence-corrected chi connectivity index (χ3v) is 2.76. The second kappa shape index (κ2) is 5.22. The molecule has 0 bridgehead atoms. The van der Waals surface area contributed by atoms with Gasteiger partial charge in [0, 0.05) is 5.56 Å². The molecule has 2 rings (SSSR count). The summed E-state index contributed by atoms with van der Waals surface area (Å²) in [4.78, 5) is 0. The summed E-state index contributed by atoms with van der Waals surface area (Å²) in [7, 11) is 0. The Morgan fingerprint density at radius 3 is 2.61 bits per heavy atom. The Morgan fingerprint density at radius 1 is 1.33 bits per heavy atom. The fourth-order valence-corrected chi connectivity index (χ4v) is 1.62. The lowest BCUT2D eigenvalue weighted by Gasteiger charge is -2.04. The molecule has 18 heavy (non-hydrogen) atoms. The quantitative estimate of drug-likeness (QED) is 0.905. The summed E-state index contributed by atoms with van der Waals surface area (Å²) in [5.74, 6) is -1.18. The number of nitrogens with two attached hydrogens (primary N) is 1. The SMILES string of the molecule is CCC(N)c1cn(Cc2c(F)cccc2F)nn1. The monoisotopic (exact) mass is 252 g/mol. The highest BCUT2D eigenvalue weighted by Gasteiger charge is 2.12. The van der Waals surface area contributed by atoms with E-state index in [0.29, 0.717) is 5.69 Å². The Labute approximate surface area is 103 Å². The molecule has 0 radical (unpaired) electrons. The van der Waals surface area contributed by atoms with Gasteiger partial charge in [-0.25, -0.2) is 13.5 Å². The van der Waals surface area contributed by atoms with Crippen molar-refractivity contribution in [1.82, 2.24) is 15.0 Å². The zero-order valence-electron chi connectivity index (χ0n) is 9.98. The van der Waals surface area contributed by atoms with Crippen LogP contribution in [0.4, 0.5) is 8.78 Å². The summed E-state index contributed by atoms with van der Waals surface area (Å²) in [5, 5.41) is 7.70. The van der Waals surface area contributed by atoms with Crippen LogP contribution in [0.1, 0.15) is 30.6 Å². The first-order valence-electron chi connectivity index (χ1n) is 5.70. The number of aromatic nitrogens is 3. The topological polar surface area (TPSA) is 56.7 Å². The summed E-state index contributed by atoms with van der Waals surface area (Å²) < 4.78 is 28.3. The van der Waals surface area contributed by atoms with E-state index in [1.165, 1.54) is 22.9 Å². The smallest absolute Gasteiger partial charge is 0.131 e. The number of hydrogen-bond acceptors (Lipinski definition) is 3. The molecule has 0 aliphatic heterocycles. The Hall–Kier alpha value is -1.82. The van der Waals surface area contributed by atoms with Gasteiger partial charge in [0.25, 0.3) is 0 Å². The highest BCUT2D eigenvalue weighted by Crippen LogP contribution is 2.14. The molecule has 1 unspecified atom stereocenters. The second-order valence-electron chi connectivity index (χ2n) is 4.06. The van der Waals surface area contributed by atoms with Crippen LogP contribution in [-0.2, 0) is 6.54 Å². The van der Waals surface area contributed by atoms with Crippen LogP contribution in [0.15, 0.2) is 24.4 Å². The summed E-state index contributed by atoms with van der Waals surface area (Å²) in [6.07, 6.45) is 2.34. The highest BCUT2D eigenvalue weighted by molar-refractivity contribution is 5.20. The molecular formula is C12H14F2N4. The second-order valence-corrected chi connectivity index (χ2v) is 4.06. The van der Waals surface area contributed by atoms with Crippen LogP contribution in [-0.4, -0.2) is 15.0 Å². The molecule has 6 heteroatoms. The summed E-state index contributed by atoms with van der Waals surface area (Å²) in [6.45, 7) is 1.93. The third-order valence-electron chi connectivity index (χ3n) is 2.76. The van der Waals surface area contributed by atoms with Crippen LogP contribution >= 0.6 is 0 Å². The number of rotatable bonds is 4. The molecule has 2 N–H and O–H groups in total. The van der Waals surface area contributed by atoms with Gasteiger partial charge in [0.15, 0.2) is 0 Å². The molecule has 4 nitrogen and oxygen atoms in total. The number of hydrogen-bond donors (Lipinski definition) is 1. The van der Waals surface area contributed by atoms with E-state index in [-0.39, 0.29) is 18.2 Å². The van der Waals surface area contributed by atoms with E-state index < -0.39 is 11.6 Å². The lowest BCUT2D eigenvalue weighted by molar-refractivity contribution is 0.528. The molecular weight excluding hydrogens is 238 g/mol. The third kappa shape index (κ3) is 2.53. The lowest BCUT2D eigenvalue weighted by atomic mass is 10.2. The van der Waals surface area contributed by atoms with E-state index in [2.05, 4.69) is 10.3 Å². The zero-order valence-corrected chi connectivity index (χ0v) is 9.98. The van der Waals surface area contributed by atoms with E-state index >= 15 is 0 Å². The summed E-state index contributed by atoms with van der Waals surface area (Å²) in [6, 6.07) is 3.56. The minimum atomic E-state index is -0.591. The molecule has 1 heterocycles. The van der Waals surface area contributed by atoms with E-state index in [1.807, 2.05) is 6.92 Å². The van der Waals surface area contributed by atoms with Gasteiger partial charge in [-0.15, -0.1) is 5.10 Å². The molecule has 0 saturated heterocycles. The maximum atomic E-state index is 13.4. The summed E-state index contributed by atoms with van der Waals surface area (Å²) >= 11 is 0. The molecule has 2 aromatic rings. The lowest BCUT2D eigenvalue weighted by Crippen LogP contribution is -2.09. The standard InChI is InChI=1S/C12H14F2N4/c1-2-11(15)12-7-18(17-16-12)6-8-9(13)4-3-5-10(8)14/h3-5,7,11H,2,6,15H2,1H3. The van der Waals surface area contributed by atoms with E-state index in [0.717, 1.165) is 6.42 Å². The van der Waals surface area contributed by atoms with Gasteiger partial charge in [-0.1, -0.05) is 18.2 Å². The van der Waals surface area contributed by atoms with Crippen molar-refractivity contribution >= 4 is 0 Å². The van der Waals surface area contributed by atoms with Crippen LogP contribution in [0, 0.1) is 11.6 Å². The molecule has 0 spiro atoms. The van der Waals surface area contributed by atoms with Crippen molar-refractivity contribution in [2.45, 2.75) is 25.9 Å². The Kier molecular flexibility index (Phi) is 3.66. The fourth-order valence-electron chi connectivity index (χ4n) is 1.62.